The third-order valence-corrected chi connectivity index (χ3v) is 2.87. The molecule has 0 saturated carbocycles. The van der Waals surface area contributed by atoms with Crippen molar-refractivity contribution < 1.29 is 19.1 Å². The Balaban J connectivity index is 1.80. The molecule has 0 atom stereocenters. The quantitative estimate of drug-likeness (QED) is 0.800. The molecule has 2 rings (SSSR count). The second-order valence-corrected chi connectivity index (χ2v) is 4.64. The van der Waals surface area contributed by atoms with Crippen LogP contribution in [0.4, 0.5) is 0 Å². The van der Waals surface area contributed by atoms with Gasteiger partial charge in [0.25, 0.3) is 0 Å². The van der Waals surface area contributed by atoms with Crippen molar-refractivity contribution in [3.63, 3.8) is 0 Å². The summed E-state index contributed by atoms with van der Waals surface area (Å²) in [5.74, 6) is -0.463. The van der Waals surface area contributed by atoms with Crippen molar-refractivity contribution in [1.29, 1.82) is 0 Å². The van der Waals surface area contributed by atoms with Gasteiger partial charge in [-0.2, -0.15) is 0 Å². The van der Waals surface area contributed by atoms with E-state index in [9.17, 15) is 14.4 Å². The van der Waals surface area contributed by atoms with Crippen LogP contribution in [0.1, 0.15) is 12.0 Å². The fourth-order valence-electron chi connectivity index (χ4n) is 1.93. The van der Waals surface area contributed by atoms with Crippen LogP contribution in [0.15, 0.2) is 24.3 Å². The summed E-state index contributed by atoms with van der Waals surface area (Å²) in [5, 5.41) is 2.15. The smallest absolute Gasteiger partial charge is 0.246 e. The lowest BCUT2D eigenvalue weighted by atomic mass is 10.2. The Morgan fingerprint density at radius 2 is 2.00 bits per heavy atom. The fraction of sp³-hybridized carbons (Fsp3) is 0.357. The van der Waals surface area contributed by atoms with Crippen LogP contribution in [0.3, 0.4) is 0 Å². The van der Waals surface area contributed by atoms with Gasteiger partial charge >= 0.3 is 0 Å². The molecule has 1 saturated heterocycles. The van der Waals surface area contributed by atoms with Gasteiger partial charge in [0, 0.05) is 0 Å². The van der Waals surface area contributed by atoms with Crippen LogP contribution < -0.4 is 10.1 Å². The first-order chi connectivity index (χ1) is 9.54. The van der Waals surface area contributed by atoms with E-state index in [0.717, 1.165) is 5.56 Å². The molecular weight excluding hydrogens is 260 g/mol. The van der Waals surface area contributed by atoms with Gasteiger partial charge < -0.3 is 9.64 Å². The summed E-state index contributed by atoms with van der Waals surface area (Å²) < 4.78 is 5.47. The van der Waals surface area contributed by atoms with E-state index >= 15 is 0 Å². The largest absolute Gasteiger partial charge is 0.493 e. The molecule has 1 heterocycles. The van der Waals surface area contributed by atoms with E-state index in [1.54, 1.807) is 0 Å². The average molecular weight is 276 g/mol. The first-order valence-electron chi connectivity index (χ1n) is 6.34. The number of carbonyl (C=O) groups is 3. The van der Waals surface area contributed by atoms with Gasteiger partial charge in [0.1, 0.15) is 18.8 Å². The summed E-state index contributed by atoms with van der Waals surface area (Å²) in [5.41, 5.74) is 1.08. The molecule has 0 unspecified atom stereocenters. The van der Waals surface area contributed by atoms with Crippen LogP contribution in [0, 0.1) is 6.92 Å². The Morgan fingerprint density at radius 1 is 1.30 bits per heavy atom. The van der Waals surface area contributed by atoms with Crippen molar-refractivity contribution in [2.45, 2.75) is 13.3 Å². The van der Waals surface area contributed by atoms with Gasteiger partial charge in [-0.3, -0.25) is 19.7 Å². The SMILES string of the molecule is Cc1cccc(OCCC(=O)N2CC(=O)NC(=O)C2)c1. The molecule has 1 aromatic carbocycles. The van der Waals surface area contributed by atoms with Crippen LogP contribution in [0.25, 0.3) is 0 Å². The minimum Gasteiger partial charge on any atom is -0.493 e. The maximum absolute atomic E-state index is 11.9. The van der Waals surface area contributed by atoms with Crippen molar-refractivity contribution in [3.05, 3.63) is 29.8 Å². The van der Waals surface area contributed by atoms with E-state index < -0.39 is 11.8 Å². The molecule has 1 aliphatic heterocycles. The van der Waals surface area contributed by atoms with Crippen LogP contribution in [0.2, 0.25) is 0 Å². The predicted octanol–water partition coefficient (Wildman–Crippen LogP) is 0.249. The fourth-order valence-corrected chi connectivity index (χ4v) is 1.93. The molecule has 3 amide bonds. The second-order valence-electron chi connectivity index (χ2n) is 4.64. The molecule has 0 aromatic heterocycles. The molecule has 1 aliphatic rings. The lowest BCUT2D eigenvalue weighted by molar-refractivity contribution is -0.145. The van der Waals surface area contributed by atoms with Crippen LogP contribution in [-0.4, -0.2) is 42.3 Å². The van der Waals surface area contributed by atoms with E-state index in [2.05, 4.69) is 5.32 Å². The number of piperazine rings is 1. The van der Waals surface area contributed by atoms with Crippen LogP contribution in [-0.2, 0) is 14.4 Å². The van der Waals surface area contributed by atoms with Gasteiger partial charge in [0.15, 0.2) is 0 Å². The molecule has 0 bridgehead atoms. The topological polar surface area (TPSA) is 75.7 Å². The lowest BCUT2D eigenvalue weighted by Gasteiger charge is -2.25. The van der Waals surface area contributed by atoms with Gasteiger partial charge in [0.05, 0.1) is 13.0 Å². The van der Waals surface area contributed by atoms with E-state index in [1.807, 2.05) is 31.2 Å². The highest BCUT2D eigenvalue weighted by atomic mass is 16.5. The molecule has 0 aliphatic carbocycles. The Morgan fingerprint density at radius 3 is 2.65 bits per heavy atom. The normalized spacial score (nSPS) is 14.9. The first-order valence-corrected chi connectivity index (χ1v) is 6.34. The summed E-state index contributed by atoms with van der Waals surface area (Å²) >= 11 is 0. The molecular formula is C14H16N2O4. The highest BCUT2D eigenvalue weighted by Gasteiger charge is 2.25. The highest BCUT2D eigenvalue weighted by Crippen LogP contribution is 2.12. The zero-order valence-electron chi connectivity index (χ0n) is 11.2. The molecule has 6 heteroatoms. The monoisotopic (exact) mass is 276 g/mol. The molecule has 1 aromatic rings. The summed E-state index contributed by atoms with van der Waals surface area (Å²) in [7, 11) is 0. The minimum absolute atomic E-state index is 0.0744. The van der Waals surface area contributed by atoms with E-state index in [0.29, 0.717) is 5.75 Å². The average Bonchev–Trinajstić information content (AvgIpc) is 2.37. The molecule has 1 fully saturated rings. The number of imide groups is 1. The second kappa shape index (κ2) is 6.18. The number of carbonyl (C=O) groups excluding carboxylic acids is 3. The number of rotatable bonds is 4. The number of benzene rings is 1. The molecule has 1 N–H and O–H groups in total. The molecule has 6 nitrogen and oxygen atoms in total. The lowest BCUT2D eigenvalue weighted by Crippen LogP contribution is -2.53. The predicted molar refractivity (Wildman–Crippen MR) is 71.0 cm³/mol. The van der Waals surface area contributed by atoms with Gasteiger partial charge in [-0.05, 0) is 24.6 Å². The van der Waals surface area contributed by atoms with Crippen molar-refractivity contribution in [2.75, 3.05) is 19.7 Å². The van der Waals surface area contributed by atoms with Gasteiger partial charge in [-0.15, -0.1) is 0 Å². The number of hydrogen-bond acceptors (Lipinski definition) is 4. The summed E-state index contributed by atoms with van der Waals surface area (Å²) in [6.45, 7) is 2.02. The van der Waals surface area contributed by atoms with Crippen molar-refractivity contribution in [1.82, 2.24) is 10.2 Å². The van der Waals surface area contributed by atoms with Crippen molar-refractivity contribution in [3.8, 4) is 5.75 Å². The first kappa shape index (κ1) is 14.0. The molecule has 106 valence electrons. The standard InChI is InChI=1S/C14H16N2O4/c1-10-3-2-4-11(7-10)20-6-5-14(19)16-8-12(17)15-13(18)9-16/h2-4,7H,5-6,8-9H2,1H3,(H,15,17,18). The number of hydrogen-bond donors (Lipinski definition) is 1. The Labute approximate surface area is 116 Å². The van der Waals surface area contributed by atoms with Crippen LogP contribution in [0.5, 0.6) is 5.75 Å². The van der Waals surface area contributed by atoms with Gasteiger partial charge in [-0.25, -0.2) is 0 Å². The number of nitrogens with one attached hydrogen (secondary N) is 1. The molecule has 20 heavy (non-hydrogen) atoms. The zero-order chi connectivity index (χ0) is 14.5. The van der Waals surface area contributed by atoms with Gasteiger partial charge in [0.2, 0.25) is 17.7 Å². The number of amides is 3. The summed E-state index contributed by atoms with van der Waals surface area (Å²) in [6.07, 6.45) is 0.133. The zero-order valence-corrected chi connectivity index (χ0v) is 11.2. The number of ether oxygens (including phenoxy) is 1. The maximum Gasteiger partial charge on any atom is 0.246 e. The maximum atomic E-state index is 11.9. The Kier molecular flexibility index (Phi) is 4.34. The Hall–Kier alpha value is -2.37. The molecule has 0 spiro atoms. The van der Waals surface area contributed by atoms with Crippen molar-refractivity contribution in [2.24, 2.45) is 0 Å². The van der Waals surface area contributed by atoms with Crippen molar-refractivity contribution >= 4 is 17.7 Å². The third kappa shape index (κ3) is 3.81. The van der Waals surface area contributed by atoms with E-state index in [1.165, 1.54) is 4.90 Å². The van der Waals surface area contributed by atoms with Crippen LogP contribution >= 0.6 is 0 Å². The van der Waals surface area contributed by atoms with E-state index in [-0.39, 0.29) is 32.0 Å². The summed E-state index contributed by atoms with van der Waals surface area (Å²) in [4.78, 5) is 35.4. The molecule has 0 radical (unpaired) electrons. The Bertz CT molecular complexity index is 526. The number of nitrogens with zero attached hydrogens (tertiary/aromatic N) is 1. The van der Waals surface area contributed by atoms with Gasteiger partial charge in [-0.1, -0.05) is 12.1 Å². The highest BCUT2D eigenvalue weighted by molar-refractivity contribution is 6.02. The minimum atomic E-state index is -0.450. The summed E-state index contributed by atoms with van der Waals surface area (Å²) in [6, 6.07) is 7.52. The van der Waals surface area contributed by atoms with E-state index in [4.69, 9.17) is 4.74 Å². The third-order valence-electron chi connectivity index (χ3n) is 2.87. The number of aryl methyl sites for hydroxylation is 1.